The smallest absolute Gasteiger partial charge is 0.448 e. The molecule has 2 aromatic carbocycles. The van der Waals surface area contributed by atoms with Gasteiger partial charge in [-0.05, 0) is 66.9 Å². The minimum Gasteiger partial charge on any atom is -0.448 e. The van der Waals surface area contributed by atoms with E-state index in [1.807, 2.05) is 43.7 Å². The fourth-order valence-electron chi connectivity index (χ4n) is 5.05. The largest absolute Gasteiger partial charge is 0.511 e. The van der Waals surface area contributed by atoms with Crippen LogP contribution in [-0.4, -0.2) is 71.0 Å². The Bertz CT molecular complexity index is 1860. The average Bonchev–Trinajstić information content (AvgIpc) is 3.47. The number of nitrogens with two attached hydrogens (primary N) is 1. The molecule has 0 unspecified atom stereocenters. The van der Waals surface area contributed by atoms with Crippen molar-refractivity contribution < 1.29 is 38.1 Å². The Morgan fingerprint density at radius 1 is 0.943 bits per heavy atom. The summed E-state index contributed by atoms with van der Waals surface area (Å²) in [5, 5.41) is 3.33. The highest BCUT2D eigenvalue weighted by atomic mass is 16.8. The zero-order chi connectivity index (χ0) is 38.2. The van der Waals surface area contributed by atoms with Crippen LogP contribution in [0.25, 0.3) is 11.0 Å². The van der Waals surface area contributed by atoms with Gasteiger partial charge in [0.1, 0.15) is 17.5 Å². The maximum absolute atomic E-state index is 13.8. The number of fused-ring (bicyclic) bond motifs is 1. The quantitative estimate of drug-likeness (QED) is 0.0289. The second kappa shape index (κ2) is 20.2. The highest BCUT2D eigenvalue weighted by Crippen LogP contribution is 2.21. The molecule has 0 radical (unpaired) electrons. The molecule has 0 spiro atoms. The number of carbonyl (C=O) groups is 4. The number of esters is 1. The Kier molecular flexibility index (Phi) is 15.1. The number of amides is 2. The van der Waals surface area contributed by atoms with Crippen molar-refractivity contribution in [2.75, 3.05) is 36.8 Å². The van der Waals surface area contributed by atoms with E-state index in [1.165, 1.54) is 4.90 Å². The second-order valence-electron chi connectivity index (χ2n) is 12.5. The van der Waals surface area contributed by atoms with Gasteiger partial charge in [0.05, 0.1) is 37.2 Å². The first-order valence-corrected chi connectivity index (χ1v) is 17.5. The number of rotatable bonds is 18. The summed E-state index contributed by atoms with van der Waals surface area (Å²) in [5.41, 5.74) is 9.18. The number of ether oxygens (including phenoxy) is 4. The minimum atomic E-state index is -0.934. The summed E-state index contributed by atoms with van der Waals surface area (Å²) in [4.78, 5) is 64.2. The summed E-state index contributed by atoms with van der Waals surface area (Å²) in [5.74, 6) is 0.208. The molecule has 0 aliphatic heterocycles. The summed E-state index contributed by atoms with van der Waals surface area (Å²) in [6.07, 6.45) is 3.72. The molecular weight excluding hydrogens is 682 g/mol. The number of nitrogens with zero attached hydrogens (tertiary/aromatic N) is 5. The molecule has 0 fully saturated rings. The van der Waals surface area contributed by atoms with Gasteiger partial charge in [-0.1, -0.05) is 46.1 Å². The van der Waals surface area contributed by atoms with Crippen LogP contribution in [-0.2, 0) is 37.3 Å². The van der Waals surface area contributed by atoms with Crippen LogP contribution in [0, 0.1) is 5.92 Å². The normalized spacial score (nSPS) is 11.3. The molecule has 15 nitrogen and oxygen atoms in total. The van der Waals surface area contributed by atoms with Crippen LogP contribution in [0.15, 0.2) is 71.9 Å². The Morgan fingerprint density at radius 2 is 1.72 bits per heavy atom. The molecule has 0 aliphatic carbocycles. The second-order valence-corrected chi connectivity index (χ2v) is 12.5. The number of hydrogen-bond donors (Lipinski definition) is 2. The standard InChI is InChI=1S/C38H47N7O8/c1-5-6-7-10-21-50-37(48)43-35(39)27-12-15-29(16-13-27)41-23-33-42-30-22-28(14-17-31(30)44(33)4)36(47)45(32-11-8-9-19-40-32)20-18-34(46)52-25-53-38(49)51-24-26(2)3/h8-9,11-17,19,22,26,41H,5-7,10,18,20-21,23-25H2,1-4H3,(H2,39,43,48). The van der Waals surface area contributed by atoms with Crippen LogP contribution in [0.5, 0.6) is 0 Å². The van der Waals surface area contributed by atoms with Crippen molar-refractivity contribution in [3.63, 3.8) is 0 Å². The number of unbranched alkanes of at least 4 members (excludes halogenated alkanes) is 3. The van der Waals surface area contributed by atoms with Crippen molar-refractivity contribution in [3.8, 4) is 0 Å². The molecule has 4 rings (SSSR count). The van der Waals surface area contributed by atoms with Crippen LogP contribution in [0.2, 0.25) is 0 Å². The monoisotopic (exact) mass is 729 g/mol. The van der Waals surface area contributed by atoms with E-state index in [0.29, 0.717) is 35.6 Å². The Hall–Kier alpha value is -5.99. The van der Waals surface area contributed by atoms with Gasteiger partial charge in [-0.25, -0.2) is 19.6 Å². The van der Waals surface area contributed by atoms with E-state index in [2.05, 4.69) is 22.2 Å². The van der Waals surface area contributed by atoms with Crippen LogP contribution in [0.4, 0.5) is 21.1 Å². The van der Waals surface area contributed by atoms with E-state index in [9.17, 15) is 19.2 Å². The lowest BCUT2D eigenvalue weighted by Gasteiger charge is -2.21. The fraction of sp³-hybridized carbons (Fsp3) is 0.395. The van der Waals surface area contributed by atoms with Gasteiger partial charge in [0.15, 0.2) is 0 Å². The third kappa shape index (κ3) is 12.3. The average molecular weight is 730 g/mol. The highest BCUT2D eigenvalue weighted by Gasteiger charge is 2.22. The first kappa shape index (κ1) is 39.8. The number of aromatic nitrogens is 3. The number of hydrogen-bond acceptors (Lipinski definition) is 11. The molecule has 2 amide bonds. The summed E-state index contributed by atoms with van der Waals surface area (Å²) >= 11 is 0. The lowest BCUT2D eigenvalue weighted by atomic mass is 10.1. The van der Waals surface area contributed by atoms with E-state index in [0.717, 1.165) is 42.7 Å². The van der Waals surface area contributed by atoms with Crippen LogP contribution >= 0.6 is 0 Å². The Balaban J connectivity index is 1.36. The van der Waals surface area contributed by atoms with E-state index in [1.54, 1.807) is 48.7 Å². The summed E-state index contributed by atoms with van der Waals surface area (Å²) in [6.45, 7) is 6.10. The van der Waals surface area contributed by atoms with Gasteiger partial charge in [0, 0.05) is 36.6 Å². The topological polar surface area (TPSA) is 190 Å². The van der Waals surface area contributed by atoms with Crippen molar-refractivity contribution in [1.82, 2.24) is 14.5 Å². The number of anilines is 2. The number of pyridine rings is 1. The zero-order valence-electron chi connectivity index (χ0n) is 30.6. The van der Waals surface area contributed by atoms with Crippen molar-refractivity contribution >= 4 is 52.5 Å². The number of aliphatic imine (C=N–C) groups is 1. The van der Waals surface area contributed by atoms with Gasteiger partial charge < -0.3 is 34.6 Å². The SMILES string of the molecule is CCCCCCOC(=O)/N=C(/N)c1ccc(NCc2nc3cc(C(=O)N(CCC(=O)OCOC(=O)OCC(C)C)c4ccccn4)ccc3n2C)cc1. The highest BCUT2D eigenvalue weighted by molar-refractivity contribution is 6.07. The number of imidazole rings is 1. The van der Waals surface area contributed by atoms with E-state index in [4.69, 9.17) is 29.7 Å². The van der Waals surface area contributed by atoms with Crippen molar-refractivity contribution in [3.05, 3.63) is 83.8 Å². The number of benzene rings is 2. The number of amidine groups is 1. The molecular formula is C38H47N7O8. The predicted molar refractivity (Wildman–Crippen MR) is 199 cm³/mol. The predicted octanol–water partition coefficient (Wildman–Crippen LogP) is 6.35. The number of carbonyl (C=O) groups excluding carboxylic acids is 4. The van der Waals surface area contributed by atoms with E-state index < -0.39 is 25.0 Å². The fourth-order valence-corrected chi connectivity index (χ4v) is 5.05. The molecule has 3 N–H and O–H groups in total. The molecule has 15 heteroatoms. The Labute approximate surface area is 308 Å². The van der Waals surface area contributed by atoms with Crippen molar-refractivity contribution in [2.24, 2.45) is 23.7 Å². The van der Waals surface area contributed by atoms with Gasteiger partial charge in [-0.15, -0.1) is 0 Å². The molecule has 2 heterocycles. The molecule has 0 bridgehead atoms. The summed E-state index contributed by atoms with van der Waals surface area (Å²) in [7, 11) is 1.89. The van der Waals surface area contributed by atoms with Crippen LogP contribution < -0.4 is 16.0 Å². The van der Waals surface area contributed by atoms with E-state index >= 15 is 0 Å². The molecule has 0 aliphatic rings. The maximum Gasteiger partial charge on any atom is 0.511 e. The maximum atomic E-state index is 13.8. The van der Waals surface area contributed by atoms with Gasteiger partial charge in [0.25, 0.3) is 5.91 Å². The lowest BCUT2D eigenvalue weighted by Crippen LogP contribution is -2.34. The molecule has 0 saturated carbocycles. The Morgan fingerprint density at radius 3 is 2.43 bits per heavy atom. The van der Waals surface area contributed by atoms with Crippen molar-refractivity contribution in [2.45, 2.75) is 59.4 Å². The van der Waals surface area contributed by atoms with Crippen molar-refractivity contribution in [1.29, 1.82) is 0 Å². The molecule has 0 atom stereocenters. The van der Waals surface area contributed by atoms with Gasteiger partial charge in [-0.3, -0.25) is 14.5 Å². The van der Waals surface area contributed by atoms with Gasteiger partial charge in [-0.2, -0.15) is 4.99 Å². The molecule has 0 saturated heterocycles. The van der Waals surface area contributed by atoms with Crippen LogP contribution in [0.3, 0.4) is 0 Å². The minimum absolute atomic E-state index is 0.0403. The van der Waals surface area contributed by atoms with Gasteiger partial charge >= 0.3 is 18.2 Å². The summed E-state index contributed by atoms with van der Waals surface area (Å²) < 4.78 is 21.7. The molecule has 282 valence electrons. The first-order chi connectivity index (χ1) is 25.5. The number of nitrogens with one attached hydrogen (secondary N) is 1. The first-order valence-electron chi connectivity index (χ1n) is 17.5. The summed E-state index contributed by atoms with van der Waals surface area (Å²) in [6, 6.07) is 17.5. The third-order valence-electron chi connectivity index (χ3n) is 7.93. The number of aryl methyl sites for hydroxylation is 1. The lowest BCUT2D eigenvalue weighted by molar-refractivity contribution is -0.153. The third-order valence-corrected chi connectivity index (χ3v) is 7.93. The van der Waals surface area contributed by atoms with E-state index in [-0.39, 0.29) is 37.2 Å². The molecule has 2 aromatic heterocycles. The van der Waals surface area contributed by atoms with Crippen LogP contribution in [0.1, 0.15) is 74.6 Å². The molecule has 53 heavy (non-hydrogen) atoms. The zero-order valence-corrected chi connectivity index (χ0v) is 30.6. The van der Waals surface area contributed by atoms with Gasteiger partial charge in [0.2, 0.25) is 6.79 Å². The molecule has 4 aromatic rings.